The van der Waals surface area contributed by atoms with Crippen LogP contribution in [0.4, 0.5) is 11.4 Å². The highest BCUT2D eigenvalue weighted by Crippen LogP contribution is 2.32. The molecule has 0 bridgehead atoms. The van der Waals surface area contributed by atoms with Gasteiger partial charge in [0.2, 0.25) is 0 Å². The molecule has 0 aromatic heterocycles. The van der Waals surface area contributed by atoms with Gasteiger partial charge in [0.1, 0.15) is 0 Å². The van der Waals surface area contributed by atoms with Gasteiger partial charge in [-0.1, -0.05) is 6.92 Å². The van der Waals surface area contributed by atoms with E-state index in [1.54, 1.807) is 11.8 Å². The third-order valence-corrected chi connectivity index (χ3v) is 4.03. The number of non-ortho nitro benzene ring substituents is 1. The van der Waals surface area contributed by atoms with Crippen LogP contribution in [0, 0.1) is 10.1 Å². The quantitative estimate of drug-likeness (QED) is 0.348. The van der Waals surface area contributed by atoms with Gasteiger partial charge in [-0.25, -0.2) is 0 Å². The van der Waals surface area contributed by atoms with Gasteiger partial charge in [0.05, 0.1) is 16.2 Å². The molecule has 1 aromatic rings. The Labute approximate surface area is 120 Å². The zero-order valence-corrected chi connectivity index (χ0v) is 11.8. The summed E-state index contributed by atoms with van der Waals surface area (Å²) in [5.41, 5.74) is 0.438. The molecule has 0 saturated heterocycles. The summed E-state index contributed by atoms with van der Waals surface area (Å²) in [5.74, 6) is 0.667. The van der Waals surface area contributed by atoms with Crippen LogP contribution in [0.5, 0.6) is 0 Å². The fourth-order valence-electron chi connectivity index (χ4n) is 2.09. The number of nitrogens with zero attached hydrogens (tertiary/aromatic N) is 2. The SMILES string of the molecule is CCSCCCN1C(=O)C(=O)c2cc([N+](=O)[O-])ccc21. The molecule has 1 aliphatic rings. The highest BCUT2D eigenvalue weighted by atomic mass is 32.2. The molecule has 20 heavy (non-hydrogen) atoms. The van der Waals surface area contributed by atoms with Crippen molar-refractivity contribution < 1.29 is 14.5 Å². The van der Waals surface area contributed by atoms with Crippen molar-refractivity contribution >= 4 is 34.8 Å². The first-order valence-electron chi connectivity index (χ1n) is 6.28. The van der Waals surface area contributed by atoms with Crippen molar-refractivity contribution in [2.45, 2.75) is 13.3 Å². The zero-order chi connectivity index (χ0) is 14.7. The second kappa shape index (κ2) is 6.04. The summed E-state index contributed by atoms with van der Waals surface area (Å²) in [6.45, 7) is 2.52. The molecule has 1 heterocycles. The van der Waals surface area contributed by atoms with Crippen molar-refractivity contribution in [1.82, 2.24) is 0 Å². The monoisotopic (exact) mass is 294 g/mol. The average molecular weight is 294 g/mol. The second-order valence-corrected chi connectivity index (χ2v) is 5.69. The van der Waals surface area contributed by atoms with Crippen molar-refractivity contribution in [2.75, 3.05) is 23.0 Å². The van der Waals surface area contributed by atoms with E-state index in [1.807, 2.05) is 0 Å². The Bertz CT molecular complexity index is 573. The molecule has 1 amide bonds. The third kappa shape index (κ3) is 2.67. The molecule has 6 nitrogen and oxygen atoms in total. The predicted molar refractivity (Wildman–Crippen MR) is 77.4 cm³/mol. The zero-order valence-electron chi connectivity index (χ0n) is 11.0. The van der Waals surface area contributed by atoms with Crippen LogP contribution in [-0.4, -0.2) is 34.7 Å². The van der Waals surface area contributed by atoms with Gasteiger partial charge in [0, 0.05) is 18.7 Å². The number of nitro benzene ring substituents is 1. The fourth-order valence-corrected chi connectivity index (χ4v) is 2.71. The molecule has 1 aliphatic heterocycles. The molecule has 0 unspecified atom stereocenters. The molecule has 0 radical (unpaired) electrons. The minimum absolute atomic E-state index is 0.132. The van der Waals surface area contributed by atoms with Crippen LogP contribution in [-0.2, 0) is 4.79 Å². The lowest BCUT2D eigenvalue weighted by Crippen LogP contribution is -2.30. The first-order valence-corrected chi connectivity index (χ1v) is 7.44. The van der Waals surface area contributed by atoms with E-state index in [-0.39, 0.29) is 11.3 Å². The number of rotatable bonds is 6. The lowest BCUT2D eigenvalue weighted by molar-refractivity contribution is -0.384. The molecule has 1 aromatic carbocycles. The molecule has 0 aliphatic carbocycles. The van der Waals surface area contributed by atoms with Crippen molar-refractivity contribution in [2.24, 2.45) is 0 Å². The van der Waals surface area contributed by atoms with Gasteiger partial charge >= 0.3 is 0 Å². The summed E-state index contributed by atoms with van der Waals surface area (Å²) in [7, 11) is 0. The summed E-state index contributed by atoms with van der Waals surface area (Å²) in [6, 6.07) is 3.97. The number of thioether (sulfide) groups is 1. The van der Waals surface area contributed by atoms with Crippen LogP contribution in [0.2, 0.25) is 0 Å². The molecule has 0 fully saturated rings. The number of nitro groups is 1. The Morgan fingerprint density at radius 2 is 2.10 bits per heavy atom. The van der Waals surface area contributed by atoms with Gasteiger partial charge in [-0.15, -0.1) is 0 Å². The van der Waals surface area contributed by atoms with Gasteiger partial charge < -0.3 is 4.90 Å². The predicted octanol–water partition coefficient (Wildman–Crippen LogP) is 2.27. The van der Waals surface area contributed by atoms with E-state index in [9.17, 15) is 19.7 Å². The summed E-state index contributed by atoms with van der Waals surface area (Å²) < 4.78 is 0. The number of benzene rings is 1. The van der Waals surface area contributed by atoms with Crippen molar-refractivity contribution in [1.29, 1.82) is 0 Å². The number of anilines is 1. The highest BCUT2D eigenvalue weighted by Gasteiger charge is 2.36. The van der Waals surface area contributed by atoms with E-state index in [4.69, 9.17) is 0 Å². The Kier molecular flexibility index (Phi) is 4.39. The van der Waals surface area contributed by atoms with Crippen LogP contribution < -0.4 is 4.90 Å². The van der Waals surface area contributed by atoms with Gasteiger partial charge in [-0.2, -0.15) is 11.8 Å². The molecule has 7 heteroatoms. The third-order valence-electron chi connectivity index (χ3n) is 3.04. The molecule has 0 atom stereocenters. The lowest BCUT2D eigenvalue weighted by Gasteiger charge is -2.15. The molecule has 2 rings (SSSR count). The first-order chi connectivity index (χ1) is 9.56. The average Bonchev–Trinajstić information content (AvgIpc) is 2.67. The maximum Gasteiger partial charge on any atom is 0.299 e. The van der Waals surface area contributed by atoms with Crippen molar-refractivity contribution in [3.63, 3.8) is 0 Å². The molecular weight excluding hydrogens is 280 g/mol. The van der Waals surface area contributed by atoms with E-state index in [0.717, 1.165) is 17.9 Å². The van der Waals surface area contributed by atoms with E-state index >= 15 is 0 Å². The van der Waals surface area contributed by atoms with Crippen LogP contribution in [0.3, 0.4) is 0 Å². The molecular formula is C13H14N2O4S. The van der Waals surface area contributed by atoms with E-state index in [2.05, 4.69) is 6.92 Å². The van der Waals surface area contributed by atoms with Crippen LogP contribution in [0.1, 0.15) is 23.7 Å². The number of hydrogen-bond acceptors (Lipinski definition) is 5. The molecule has 0 saturated carbocycles. The molecule has 0 spiro atoms. The summed E-state index contributed by atoms with van der Waals surface area (Å²) in [4.78, 5) is 35.3. The number of carbonyl (C=O) groups is 2. The number of amides is 1. The number of Topliss-reactive ketones (excluding diaryl/α,β-unsaturated/α-hetero) is 1. The maximum atomic E-state index is 11.9. The normalized spacial score (nSPS) is 13.8. The van der Waals surface area contributed by atoms with Gasteiger partial charge in [0.15, 0.2) is 0 Å². The Balaban J connectivity index is 2.20. The standard InChI is InChI=1S/C13H14N2O4S/c1-2-20-7-3-6-14-11-5-4-9(15(18)19)8-10(11)12(16)13(14)17/h4-5,8H,2-3,6-7H2,1H3. The van der Waals surface area contributed by atoms with E-state index in [1.165, 1.54) is 23.1 Å². The highest BCUT2D eigenvalue weighted by molar-refractivity contribution is 7.99. The number of carbonyl (C=O) groups excluding carboxylic acids is 2. The number of fused-ring (bicyclic) bond motifs is 1. The summed E-state index contributed by atoms with van der Waals surface area (Å²) in [6.07, 6.45) is 0.786. The van der Waals surface area contributed by atoms with Gasteiger partial charge in [-0.05, 0) is 24.0 Å². The van der Waals surface area contributed by atoms with Gasteiger partial charge in [0.25, 0.3) is 17.4 Å². The Morgan fingerprint density at radius 3 is 2.75 bits per heavy atom. The van der Waals surface area contributed by atoms with Gasteiger partial charge in [-0.3, -0.25) is 19.7 Å². The Morgan fingerprint density at radius 1 is 1.35 bits per heavy atom. The smallest absolute Gasteiger partial charge is 0.299 e. The first kappa shape index (κ1) is 14.5. The summed E-state index contributed by atoms with van der Waals surface area (Å²) >= 11 is 1.77. The lowest BCUT2D eigenvalue weighted by atomic mass is 10.1. The van der Waals surface area contributed by atoms with E-state index < -0.39 is 16.6 Å². The topological polar surface area (TPSA) is 80.5 Å². The largest absolute Gasteiger partial charge is 0.305 e. The number of ketones is 1. The van der Waals surface area contributed by atoms with Crippen molar-refractivity contribution in [3.05, 3.63) is 33.9 Å². The fraction of sp³-hybridized carbons (Fsp3) is 0.385. The minimum Gasteiger partial charge on any atom is -0.305 e. The van der Waals surface area contributed by atoms with Crippen LogP contribution >= 0.6 is 11.8 Å². The summed E-state index contributed by atoms with van der Waals surface area (Å²) in [5, 5.41) is 10.7. The second-order valence-electron chi connectivity index (χ2n) is 4.29. The maximum absolute atomic E-state index is 11.9. The Hall–Kier alpha value is -1.89. The van der Waals surface area contributed by atoms with Crippen LogP contribution in [0.25, 0.3) is 0 Å². The molecule has 106 valence electrons. The minimum atomic E-state index is -0.660. The van der Waals surface area contributed by atoms with Crippen LogP contribution in [0.15, 0.2) is 18.2 Å². The molecule has 0 N–H and O–H groups in total. The number of hydrogen-bond donors (Lipinski definition) is 0. The van der Waals surface area contributed by atoms with E-state index in [0.29, 0.717) is 12.2 Å². The van der Waals surface area contributed by atoms with Crippen molar-refractivity contribution in [3.8, 4) is 0 Å².